The fourth-order valence-electron chi connectivity index (χ4n) is 3.94. The van der Waals surface area contributed by atoms with Gasteiger partial charge in [-0.05, 0) is 66.0 Å². The number of alkyl halides is 3. The quantitative estimate of drug-likeness (QED) is 0.433. The average Bonchev–Trinajstić information content (AvgIpc) is 3.21. The number of ether oxygens (including phenoxy) is 2. The number of hydrogen-bond acceptors (Lipinski definition) is 5. The summed E-state index contributed by atoms with van der Waals surface area (Å²) in [4.78, 5) is 9.03. The zero-order valence-corrected chi connectivity index (χ0v) is 19.5. The van der Waals surface area contributed by atoms with Crippen LogP contribution in [0.3, 0.4) is 0 Å². The molecule has 4 rings (SSSR count). The van der Waals surface area contributed by atoms with Crippen LogP contribution in [0.1, 0.15) is 41.9 Å². The van der Waals surface area contributed by atoms with Crippen molar-refractivity contribution in [2.45, 2.75) is 45.5 Å². The summed E-state index contributed by atoms with van der Waals surface area (Å²) in [6, 6.07) is 7.53. The summed E-state index contributed by atoms with van der Waals surface area (Å²) in [6.45, 7) is 6.29. The second-order valence-electron chi connectivity index (χ2n) is 7.91. The highest BCUT2D eigenvalue weighted by molar-refractivity contribution is 9.10. The van der Waals surface area contributed by atoms with E-state index in [9.17, 15) is 13.2 Å². The fourth-order valence-corrected chi connectivity index (χ4v) is 4.37. The SMILES string of the molecule is Cc1nc(N[C@H](C)c2cccc(C(F)(F)F)c2C)c2cc(OC3CCOC3)c(Br)cc2n1. The van der Waals surface area contributed by atoms with Crippen LogP contribution >= 0.6 is 15.9 Å². The minimum absolute atomic E-state index is 0.0294. The zero-order valence-electron chi connectivity index (χ0n) is 17.9. The molecule has 1 saturated heterocycles. The van der Waals surface area contributed by atoms with Gasteiger partial charge in [-0.1, -0.05) is 12.1 Å². The Morgan fingerprint density at radius 3 is 2.69 bits per heavy atom. The molecule has 0 bridgehead atoms. The van der Waals surface area contributed by atoms with E-state index in [0.717, 1.165) is 22.3 Å². The molecule has 1 unspecified atom stereocenters. The van der Waals surface area contributed by atoms with Gasteiger partial charge in [0.25, 0.3) is 0 Å². The smallest absolute Gasteiger partial charge is 0.416 e. The Morgan fingerprint density at radius 2 is 2.00 bits per heavy atom. The van der Waals surface area contributed by atoms with Crippen molar-refractivity contribution in [3.8, 4) is 5.75 Å². The Labute approximate surface area is 192 Å². The van der Waals surface area contributed by atoms with Gasteiger partial charge in [-0.2, -0.15) is 13.2 Å². The molecule has 1 aromatic heterocycles. The number of aromatic nitrogens is 2. The van der Waals surface area contributed by atoms with Crippen LogP contribution in [0.15, 0.2) is 34.8 Å². The number of anilines is 1. The molecule has 2 heterocycles. The molecule has 0 radical (unpaired) electrons. The number of benzene rings is 2. The first kappa shape index (κ1) is 22.8. The molecule has 1 fully saturated rings. The zero-order chi connectivity index (χ0) is 23.0. The number of aryl methyl sites for hydroxylation is 1. The van der Waals surface area contributed by atoms with Gasteiger partial charge in [-0.3, -0.25) is 0 Å². The molecular formula is C23H23BrF3N3O2. The molecule has 0 spiro atoms. The number of halogens is 4. The van der Waals surface area contributed by atoms with Crippen LogP contribution in [0.4, 0.5) is 19.0 Å². The first-order valence-corrected chi connectivity index (χ1v) is 11.1. The summed E-state index contributed by atoms with van der Waals surface area (Å²) in [5.41, 5.74) is 0.824. The predicted octanol–water partition coefficient (Wildman–Crippen LogP) is 6.37. The summed E-state index contributed by atoms with van der Waals surface area (Å²) in [7, 11) is 0. The summed E-state index contributed by atoms with van der Waals surface area (Å²) in [6.07, 6.45) is -3.62. The van der Waals surface area contributed by atoms with Gasteiger partial charge in [-0.25, -0.2) is 9.97 Å². The van der Waals surface area contributed by atoms with Crippen molar-refractivity contribution < 1.29 is 22.6 Å². The largest absolute Gasteiger partial charge is 0.487 e. The van der Waals surface area contributed by atoms with E-state index in [4.69, 9.17) is 9.47 Å². The summed E-state index contributed by atoms with van der Waals surface area (Å²) in [5, 5.41) is 4.01. The molecule has 9 heteroatoms. The first-order chi connectivity index (χ1) is 15.1. The monoisotopic (exact) mass is 509 g/mol. The summed E-state index contributed by atoms with van der Waals surface area (Å²) < 4.78 is 52.3. The maximum atomic E-state index is 13.4. The van der Waals surface area contributed by atoms with Crippen LogP contribution in [-0.2, 0) is 10.9 Å². The number of rotatable bonds is 5. The Morgan fingerprint density at radius 1 is 1.22 bits per heavy atom. The van der Waals surface area contributed by atoms with Gasteiger partial charge in [0.15, 0.2) is 0 Å². The van der Waals surface area contributed by atoms with E-state index in [1.807, 2.05) is 19.1 Å². The maximum Gasteiger partial charge on any atom is 0.416 e. The molecule has 0 aliphatic carbocycles. The molecule has 1 aliphatic rings. The lowest BCUT2D eigenvalue weighted by molar-refractivity contribution is -0.138. The van der Waals surface area contributed by atoms with Crippen molar-refractivity contribution in [2.24, 2.45) is 0 Å². The predicted molar refractivity (Wildman–Crippen MR) is 120 cm³/mol. The van der Waals surface area contributed by atoms with Crippen molar-refractivity contribution in [1.29, 1.82) is 0 Å². The van der Waals surface area contributed by atoms with E-state index in [2.05, 4.69) is 31.2 Å². The Hall–Kier alpha value is -2.39. The van der Waals surface area contributed by atoms with Gasteiger partial charge in [0, 0.05) is 11.8 Å². The molecule has 0 amide bonds. The van der Waals surface area contributed by atoms with Crippen molar-refractivity contribution in [3.63, 3.8) is 0 Å². The van der Waals surface area contributed by atoms with Gasteiger partial charge in [0.1, 0.15) is 23.5 Å². The van der Waals surface area contributed by atoms with Crippen molar-refractivity contribution in [2.75, 3.05) is 18.5 Å². The van der Waals surface area contributed by atoms with Gasteiger partial charge in [-0.15, -0.1) is 0 Å². The summed E-state index contributed by atoms with van der Waals surface area (Å²) in [5.74, 6) is 1.74. The summed E-state index contributed by atoms with van der Waals surface area (Å²) >= 11 is 3.54. The number of nitrogens with zero attached hydrogens (tertiary/aromatic N) is 2. The van der Waals surface area contributed by atoms with Crippen molar-refractivity contribution >= 4 is 32.7 Å². The number of hydrogen-bond donors (Lipinski definition) is 1. The lowest BCUT2D eigenvalue weighted by atomic mass is 9.97. The third-order valence-electron chi connectivity index (χ3n) is 5.54. The molecule has 1 N–H and O–H groups in total. The van der Waals surface area contributed by atoms with Crippen molar-refractivity contribution in [1.82, 2.24) is 9.97 Å². The Bertz CT molecular complexity index is 1150. The van der Waals surface area contributed by atoms with E-state index in [1.54, 1.807) is 13.0 Å². The highest BCUT2D eigenvalue weighted by Gasteiger charge is 2.33. The highest BCUT2D eigenvalue weighted by Crippen LogP contribution is 2.37. The normalized spacial score (nSPS) is 17.5. The Kier molecular flexibility index (Phi) is 6.31. The fraction of sp³-hybridized carbons (Fsp3) is 0.391. The minimum atomic E-state index is -4.40. The Balaban J connectivity index is 1.71. The van der Waals surface area contributed by atoms with Crippen molar-refractivity contribution in [3.05, 3.63) is 57.3 Å². The maximum absolute atomic E-state index is 13.4. The average molecular weight is 510 g/mol. The van der Waals surface area contributed by atoms with Crippen LogP contribution < -0.4 is 10.1 Å². The molecular weight excluding hydrogens is 487 g/mol. The lowest BCUT2D eigenvalue weighted by Gasteiger charge is -2.21. The van der Waals surface area contributed by atoms with Gasteiger partial charge < -0.3 is 14.8 Å². The second kappa shape index (κ2) is 8.86. The second-order valence-corrected chi connectivity index (χ2v) is 8.76. The first-order valence-electron chi connectivity index (χ1n) is 10.3. The molecule has 2 atom stereocenters. The highest BCUT2D eigenvalue weighted by atomic mass is 79.9. The van der Waals surface area contributed by atoms with Crippen LogP contribution in [-0.4, -0.2) is 29.3 Å². The molecule has 0 saturated carbocycles. The van der Waals surface area contributed by atoms with Crippen LogP contribution in [0.25, 0.3) is 10.9 Å². The number of fused-ring (bicyclic) bond motifs is 1. The molecule has 170 valence electrons. The minimum Gasteiger partial charge on any atom is -0.487 e. The van der Waals surface area contributed by atoms with Crippen LogP contribution in [0.2, 0.25) is 0 Å². The van der Waals surface area contributed by atoms with Gasteiger partial charge in [0.2, 0.25) is 0 Å². The number of nitrogens with one attached hydrogen (secondary N) is 1. The van der Waals surface area contributed by atoms with Crippen LogP contribution in [0, 0.1) is 13.8 Å². The van der Waals surface area contributed by atoms with E-state index in [1.165, 1.54) is 13.0 Å². The van der Waals surface area contributed by atoms with E-state index >= 15 is 0 Å². The van der Waals surface area contributed by atoms with Gasteiger partial charge >= 0.3 is 6.18 Å². The third kappa shape index (κ3) is 4.68. The molecule has 32 heavy (non-hydrogen) atoms. The van der Waals surface area contributed by atoms with Crippen LogP contribution in [0.5, 0.6) is 5.75 Å². The molecule has 3 aromatic rings. The molecule has 2 aromatic carbocycles. The van der Waals surface area contributed by atoms with Gasteiger partial charge in [0.05, 0.1) is 34.8 Å². The van der Waals surface area contributed by atoms with E-state index in [0.29, 0.717) is 41.7 Å². The molecule has 1 aliphatic heterocycles. The lowest BCUT2D eigenvalue weighted by Crippen LogP contribution is -2.16. The third-order valence-corrected chi connectivity index (χ3v) is 6.16. The standard InChI is InChI=1S/C23H23BrF3N3O2/c1-12-16(5-4-6-18(12)23(25,26)27)13(2)28-22-17-9-21(32-15-7-8-31-11-15)19(24)10-20(17)29-14(3)30-22/h4-6,9-10,13,15H,7-8,11H2,1-3H3,(H,28,29,30)/t13-,15?/m1/s1. The van der Waals surface area contributed by atoms with E-state index in [-0.39, 0.29) is 11.7 Å². The topological polar surface area (TPSA) is 56.3 Å². The van der Waals surface area contributed by atoms with E-state index < -0.39 is 17.8 Å². The molecule has 5 nitrogen and oxygen atoms in total.